The molecule has 2 N–H and O–H groups in total. The first-order valence-corrected chi connectivity index (χ1v) is 11.2. The standard InChI is InChI=1S/C24H30N2O7/c1-4-12-25(15-6-8-16(32-3)9-7-15)22(29)20-24-11-10-17(33-24)18(23(30)31)19(24)21(28)26(20)14(5-2)13-27/h4,6-9,14,17-20,27H,1,5,10-13H2,2-3H3,(H,30,31)/t14-,17+,18-,19-,20?,24?/m0/s1. The second-order valence-electron chi connectivity index (χ2n) is 8.82. The first-order chi connectivity index (χ1) is 15.8. The Morgan fingerprint density at radius 3 is 2.64 bits per heavy atom. The molecule has 4 rings (SSSR count). The average Bonchev–Trinajstić information content (AvgIpc) is 3.46. The fourth-order valence-corrected chi connectivity index (χ4v) is 5.82. The smallest absolute Gasteiger partial charge is 0.310 e. The summed E-state index contributed by atoms with van der Waals surface area (Å²) >= 11 is 0. The molecule has 9 nitrogen and oxygen atoms in total. The zero-order chi connectivity index (χ0) is 23.9. The van der Waals surface area contributed by atoms with Gasteiger partial charge >= 0.3 is 5.97 Å². The molecule has 0 aromatic heterocycles. The number of likely N-dealkylation sites (tertiary alicyclic amines) is 1. The third kappa shape index (κ3) is 3.41. The van der Waals surface area contributed by atoms with Crippen molar-refractivity contribution in [2.75, 3.05) is 25.2 Å². The van der Waals surface area contributed by atoms with Crippen molar-refractivity contribution >= 4 is 23.5 Å². The Balaban J connectivity index is 1.80. The lowest BCUT2D eigenvalue weighted by atomic mass is 9.70. The molecule has 0 aliphatic carbocycles. The fraction of sp³-hybridized carbons (Fsp3) is 0.542. The maximum absolute atomic E-state index is 14.1. The van der Waals surface area contributed by atoms with Gasteiger partial charge in [0.25, 0.3) is 5.91 Å². The summed E-state index contributed by atoms with van der Waals surface area (Å²) in [4.78, 5) is 42.7. The Kier molecular flexibility index (Phi) is 6.20. The minimum Gasteiger partial charge on any atom is -0.497 e. The zero-order valence-corrected chi connectivity index (χ0v) is 18.8. The number of ether oxygens (including phenoxy) is 2. The second kappa shape index (κ2) is 8.79. The summed E-state index contributed by atoms with van der Waals surface area (Å²) in [5.74, 6) is -3.23. The number of aliphatic hydroxyl groups is 1. The van der Waals surface area contributed by atoms with Crippen LogP contribution in [0.5, 0.6) is 5.75 Å². The van der Waals surface area contributed by atoms with E-state index in [9.17, 15) is 24.6 Å². The summed E-state index contributed by atoms with van der Waals surface area (Å²) < 4.78 is 11.4. The van der Waals surface area contributed by atoms with Crippen LogP contribution in [0.3, 0.4) is 0 Å². The number of carbonyl (C=O) groups excluding carboxylic acids is 2. The number of amides is 2. The van der Waals surface area contributed by atoms with Gasteiger partial charge in [0.2, 0.25) is 5.91 Å². The molecule has 1 aromatic carbocycles. The highest BCUT2D eigenvalue weighted by molar-refractivity contribution is 6.04. The van der Waals surface area contributed by atoms with Gasteiger partial charge in [0, 0.05) is 12.2 Å². The van der Waals surface area contributed by atoms with Crippen LogP contribution in [0.2, 0.25) is 0 Å². The minimum atomic E-state index is -1.23. The maximum Gasteiger partial charge on any atom is 0.310 e. The van der Waals surface area contributed by atoms with E-state index in [0.29, 0.717) is 30.7 Å². The van der Waals surface area contributed by atoms with E-state index in [-0.39, 0.29) is 19.1 Å². The molecule has 0 radical (unpaired) electrons. The van der Waals surface area contributed by atoms with Crippen molar-refractivity contribution in [3.05, 3.63) is 36.9 Å². The van der Waals surface area contributed by atoms with E-state index >= 15 is 0 Å². The van der Waals surface area contributed by atoms with Gasteiger partial charge in [-0.25, -0.2) is 0 Å². The van der Waals surface area contributed by atoms with Crippen molar-refractivity contribution in [1.82, 2.24) is 4.90 Å². The minimum absolute atomic E-state index is 0.187. The number of aliphatic carboxylic acids is 1. The number of benzene rings is 1. The zero-order valence-electron chi connectivity index (χ0n) is 18.8. The van der Waals surface area contributed by atoms with Gasteiger partial charge in [-0.3, -0.25) is 14.4 Å². The van der Waals surface area contributed by atoms with E-state index in [2.05, 4.69) is 6.58 Å². The molecular formula is C24H30N2O7. The van der Waals surface area contributed by atoms with Crippen molar-refractivity contribution in [1.29, 1.82) is 0 Å². The molecule has 2 amide bonds. The molecule has 3 fully saturated rings. The number of hydrogen-bond acceptors (Lipinski definition) is 6. The highest BCUT2D eigenvalue weighted by atomic mass is 16.5. The number of aliphatic hydroxyl groups excluding tert-OH is 1. The third-order valence-corrected chi connectivity index (χ3v) is 7.29. The first kappa shape index (κ1) is 23.3. The van der Waals surface area contributed by atoms with Crippen LogP contribution in [-0.2, 0) is 19.1 Å². The van der Waals surface area contributed by atoms with Crippen molar-refractivity contribution in [2.45, 2.75) is 50.0 Å². The van der Waals surface area contributed by atoms with Crippen LogP contribution in [0, 0.1) is 11.8 Å². The Hall–Kier alpha value is -2.91. The quantitative estimate of drug-likeness (QED) is 0.538. The van der Waals surface area contributed by atoms with Crippen LogP contribution in [0.15, 0.2) is 36.9 Å². The van der Waals surface area contributed by atoms with Gasteiger partial charge in [-0.2, -0.15) is 0 Å². The Morgan fingerprint density at radius 2 is 2.09 bits per heavy atom. The van der Waals surface area contributed by atoms with E-state index < -0.39 is 47.5 Å². The summed E-state index contributed by atoms with van der Waals surface area (Å²) in [5.41, 5.74) is -0.636. The Morgan fingerprint density at radius 1 is 1.39 bits per heavy atom. The number of nitrogens with zero attached hydrogens (tertiary/aromatic N) is 2. The molecule has 3 aliphatic heterocycles. The summed E-state index contributed by atoms with van der Waals surface area (Å²) in [7, 11) is 1.55. The van der Waals surface area contributed by atoms with E-state index in [4.69, 9.17) is 9.47 Å². The van der Waals surface area contributed by atoms with E-state index in [0.717, 1.165) is 0 Å². The largest absolute Gasteiger partial charge is 0.497 e. The van der Waals surface area contributed by atoms with E-state index in [1.54, 1.807) is 37.5 Å². The van der Waals surface area contributed by atoms with Crippen LogP contribution in [0.1, 0.15) is 26.2 Å². The highest BCUT2D eigenvalue weighted by Gasteiger charge is 2.75. The van der Waals surface area contributed by atoms with E-state index in [1.807, 2.05) is 6.92 Å². The lowest BCUT2D eigenvalue weighted by Crippen LogP contribution is -2.59. The molecule has 6 atom stereocenters. The molecule has 33 heavy (non-hydrogen) atoms. The number of carboxylic acid groups (broad SMARTS) is 1. The predicted molar refractivity (Wildman–Crippen MR) is 119 cm³/mol. The van der Waals surface area contributed by atoms with Crippen LogP contribution in [0.4, 0.5) is 5.69 Å². The van der Waals surface area contributed by atoms with Crippen molar-refractivity contribution in [2.24, 2.45) is 11.8 Å². The van der Waals surface area contributed by atoms with Crippen molar-refractivity contribution < 1.29 is 34.1 Å². The lowest BCUT2D eigenvalue weighted by Gasteiger charge is -2.39. The molecule has 178 valence electrons. The third-order valence-electron chi connectivity index (χ3n) is 7.29. The topological polar surface area (TPSA) is 117 Å². The highest BCUT2D eigenvalue weighted by Crippen LogP contribution is 2.59. The summed E-state index contributed by atoms with van der Waals surface area (Å²) in [6.45, 7) is 5.44. The van der Waals surface area contributed by atoms with Crippen LogP contribution in [-0.4, -0.2) is 76.9 Å². The molecule has 3 aliphatic rings. The summed E-state index contributed by atoms with van der Waals surface area (Å²) in [6, 6.07) is 5.30. The van der Waals surface area contributed by atoms with Crippen LogP contribution < -0.4 is 9.64 Å². The summed E-state index contributed by atoms with van der Waals surface area (Å²) in [6.07, 6.45) is 2.29. The van der Waals surface area contributed by atoms with Crippen molar-refractivity contribution in [3.63, 3.8) is 0 Å². The molecule has 3 saturated heterocycles. The normalized spacial score (nSPS) is 30.8. The van der Waals surface area contributed by atoms with Crippen LogP contribution >= 0.6 is 0 Å². The maximum atomic E-state index is 14.1. The summed E-state index contributed by atoms with van der Waals surface area (Å²) in [5, 5.41) is 19.9. The number of hydrogen-bond donors (Lipinski definition) is 2. The average molecular weight is 459 g/mol. The number of anilines is 1. The molecule has 2 unspecified atom stereocenters. The predicted octanol–water partition coefficient (Wildman–Crippen LogP) is 1.44. The van der Waals surface area contributed by atoms with Crippen molar-refractivity contribution in [3.8, 4) is 5.75 Å². The van der Waals surface area contributed by atoms with Gasteiger partial charge in [0.05, 0.1) is 37.7 Å². The molecule has 0 saturated carbocycles. The number of fused-ring (bicyclic) bond motifs is 1. The number of rotatable bonds is 9. The SMILES string of the molecule is C=CCN(C(=O)C1N([C@@H](CC)CO)C(=O)[C@@H]2[C@@H](C(=O)O)[C@H]3CCC12O3)c1ccc(OC)cc1. The van der Waals surface area contributed by atoms with Crippen LogP contribution in [0.25, 0.3) is 0 Å². The van der Waals surface area contributed by atoms with Gasteiger partial charge in [-0.1, -0.05) is 13.0 Å². The van der Waals surface area contributed by atoms with E-state index in [1.165, 1.54) is 9.80 Å². The second-order valence-corrected chi connectivity index (χ2v) is 8.82. The van der Waals surface area contributed by atoms with Gasteiger partial charge < -0.3 is 29.5 Å². The Labute approximate surface area is 192 Å². The molecule has 2 bridgehead atoms. The lowest BCUT2D eigenvalue weighted by molar-refractivity contribution is -0.151. The molecule has 1 spiro atoms. The molecular weight excluding hydrogens is 428 g/mol. The van der Waals surface area contributed by atoms with Gasteiger partial charge in [0.1, 0.15) is 17.4 Å². The fourth-order valence-electron chi connectivity index (χ4n) is 5.82. The monoisotopic (exact) mass is 458 g/mol. The number of carbonyl (C=O) groups is 3. The Bertz CT molecular complexity index is 945. The van der Waals surface area contributed by atoms with Gasteiger partial charge in [-0.15, -0.1) is 6.58 Å². The molecule has 1 aromatic rings. The van der Waals surface area contributed by atoms with Gasteiger partial charge in [-0.05, 0) is 43.5 Å². The van der Waals surface area contributed by atoms with Gasteiger partial charge in [0.15, 0.2) is 0 Å². The number of carboxylic acids is 1. The molecule has 9 heteroatoms. The molecule has 3 heterocycles. The first-order valence-electron chi connectivity index (χ1n) is 11.2. The number of methoxy groups -OCH3 is 1.